The Morgan fingerprint density at radius 2 is 1.06 bits per heavy atom. The predicted octanol–water partition coefficient (Wildman–Crippen LogP) is 7.40. The van der Waals surface area contributed by atoms with Crippen molar-refractivity contribution >= 4 is 21.8 Å². The maximum absolute atomic E-state index is 9.52. The quantitative estimate of drug-likeness (QED) is 0.299. The normalized spacial score (nSPS) is 10.8. The van der Waals surface area contributed by atoms with Gasteiger partial charge in [-0.1, -0.05) is 60.7 Å². The van der Waals surface area contributed by atoms with Crippen LogP contribution >= 0.6 is 0 Å². The first-order valence-electron chi connectivity index (χ1n) is 11.6. The largest absolute Gasteiger partial charge is 0.508 e. The van der Waals surface area contributed by atoms with Gasteiger partial charge in [-0.3, -0.25) is 0 Å². The molecule has 0 aliphatic rings. The van der Waals surface area contributed by atoms with Gasteiger partial charge in [0.25, 0.3) is 0 Å². The lowest BCUT2D eigenvalue weighted by Crippen LogP contribution is -1.91. The van der Waals surface area contributed by atoms with Crippen molar-refractivity contribution in [1.82, 2.24) is 9.13 Å². The fourth-order valence-corrected chi connectivity index (χ4v) is 4.53. The molecule has 4 aromatic carbocycles. The van der Waals surface area contributed by atoms with Crippen molar-refractivity contribution in [3.8, 4) is 34.0 Å². The molecule has 0 saturated carbocycles. The summed E-state index contributed by atoms with van der Waals surface area (Å²) in [5.41, 5.74) is 7.03. The molecular weight excluding hydrogens is 432 g/mol. The van der Waals surface area contributed by atoms with E-state index < -0.39 is 0 Å². The number of aromatic nitrogens is 2. The van der Waals surface area contributed by atoms with E-state index in [9.17, 15) is 5.11 Å². The number of methoxy groups -OCH3 is 1. The molecule has 0 bridgehead atoms. The number of nitrogens with zero attached hydrogens (tertiary/aromatic N) is 2. The fraction of sp³-hybridized carbons (Fsp3) is 0.0968. The first-order chi connectivity index (χ1) is 17.0. The lowest BCUT2D eigenvalue weighted by Gasteiger charge is -2.05. The predicted molar refractivity (Wildman–Crippen MR) is 145 cm³/mol. The van der Waals surface area contributed by atoms with Crippen LogP contribution < -0.4 is 4.74 Å². The molecule has 0 unspecified atom stereocenters. The number of phenols is 1. The lowest BCUT2D eigenvalue weighted by molar-refractivity contribution is 0.415. The Kier molecular flexibility index (Phi) is 6.02. The molecule has 1 N–H and O–H groups in total. The van der Waals surface area contributed by atoms with E-state index in [-0.39, 0.29) is 0 Å². The second-order valence-corrected chi connectivity index (χ2v) is 8.58. The van der Waals surface area contributed by atoms with Gasteiger partial charge >= 0.3 is 0 Å². The van der Waals surface area contributed by atoms with Crippen LogP contribution in [0, 0.1) is 0 Å². The first kappa shape index (κ1) is 22.4. The summed E-state index contributed by atoms with van der Waals surface area (Å²) < 4.78 is 9.58. The second kappa shape index (κ2) is 9.43. The molecule has 2 heterocycles. The number of phenolic OH excluding ortho intramolecular Hbond substituents is 1. The van der Waals surface area contributed by atoms with Crippen LogP contribution in [0.3, 0.4) is 0 Å². The van der Waals surface area contributed by atoms with E-state index in [1.165, 1.54) is 27.7 Å². The van der Waals surface area contributed by atoms with E-state index in [0.29, 0.717) is 5.75 Å². The number of rotatable bonds is 3. The van der Waals surface area contributed by atoms with E-state index in [1.54, 1.807) is 19.2 Å². The van der Waals surface area contributed by atoms with Crippen LogP contribution in [0.1, 0.15) is 0 Å². The zero-order chi connectivity index (χ0) is 24.4. The molecule has 0 fully saturated rings. The lowest BCUT2D eigenvalue weighted by atomic mass is 10.1. The molecular formula is C31H28N2O2. The maximum atomic E-state index is 9.52. The first-order valence-corrected chi connectivity index (χ1v) is 11.6. The highest BCUT2D eigenvalue weighted by Crippen LogP contribution is 2.30. The highest BCUT2D eigenvalue weighted by atomic mass is 16.5. The topological polar surface area (TPSA) is 39.3 Å². The van der Waals surface area contributed by atoms with E-state index in [0.717, 1.165) is 22.3 Å². The Labute approximate surface area is 205 Å². The average molecular weight is 461 g/mol. The molecule has 0 atom stereocenters. The van der Waals surface area contributed by atoms with Crippen molar-refractivity contribution in [2.24, 2.45) is 14.1 Å². The van der Waals surface area contributed by atoms with Crippen LogP contribution in [0.15, 0.2) is 109 Å². The van der Waals surface area contributed by atoms with Gasteiger partial charge in [0.15, 0.2) is 0 Å². The molecule has 0 aliphatic heterocycles. The minimum absolute atomic E-state index is 0.304. The summed E-state index contributed by atoms with van der Waals surface area (Å²) in [6.07, 6.45) is 0. The highest BCUT2D eigenvalue weighted by Gasteiger charge is 2.09. The van der Waals surface area contributed by atoms with E-state index in [2.05, 4.69) is 76.8 Å². The van der Waals surface area contributed by atoms with Gasteiger partial charge in [-0.05, 0) is 47.5 Å². The molecule has 174 valence electrons. The van der Waals surface area contributed by atoms with Crippen molar-refractivity contribution in [3.63, 3.8) is 0 Å². The molecule has 6 rings (SSSR count). The summed E-state index contributed by atoms with van der Waals surface area (Å²) in [6, 6.07) is 36.7. The zero-order valence-corrected chi connectivity index (χ0v) is 20.1. The van der Waals surface area contributed by atoms with Gasteiger partial charge < -0.3 is 19.0 Å². The van der Waals surface area contributed by atoms with Crippen LogP contribution in [0.4, 0.5) is 0 Å². The van der Waals surface area contributed by atoms with Crippen molar-refractivity contribution in [3.05, 3.63) is 109 Å². The summed E-state index contributed by atoms with van der Waals surface area (Å²) in [5.74, 6) is 1.20. The summed E-state index contributed by atoms with van der Waals surface area (Å²) in [4.78, 5) is 0. The summed E-state index contributed by atoms with van der Waals surface area (Å²) in [6.45, 7) is 0. The smallest absolute Gasteiger partial charge is 0.120 e. The molecule has 0 spiro atoms. The zero-order valence-electron chi connectivity index (χ0n) is 20.1. The Bertz CT molecular complexity index is 1600. The standard InChI is InChI=1S/C16H15NO.C15H13NO/c1-17-15(12-6-4-3-5-7-12)10-13-8-9-14(18-2)11-16(13)17;1-16-14(11-5-3-2-4-6-11)9-12-7-8-13(17)10-15(12)16/h3-11H,1-2H3;2-10,17H,1H3. The highest BCUT2D eigenvalue weighted by molar-refractivity contribution is 5.88. The number of fused-ring (bicyclic) bond motifs is 2. The van der Waals surface area contributed by atoms with Gasteiger partial charge in [0.05, 0.1) is 18.1 Å². The molecule has 2 aromatic heterocycles. The summed E-state index contributed by atoms with van der Waals surface area (Å²) in [7, 11) is 5.80. The molecule has 0 aliphatic carbocycles. The van der Waals surface area contributed by atoms with E-state index >= 15 is 0 Å². The number of aromatic hydroxyl groups is 1. The summed E-state index contributed by atoms with van der Waals surface area (Å²) >= 11 is 0. The Hall–Kier alpha value is -4.44. The molecule has 0 saturated heterocycles. The van der Waals surface area contributed by atoms with Gasteiger partial charge in [-0.2, -0.15) is 0 Å². The Morgan fingerprint density at radius 3 is 1.57 bits per heavy atom. The average Bonchev–Trinajstić information content (AvgIpc) is 3.41. The minimum atomic E-state index is 0.304. The molecule has 0 radical (unpaired) electrons. The third kappa shape index (κ3) is 4.38. The number of benzene rings is 4. The van der Waals surface area contributed by atoms with Crippen LogP contribution in [0.25, 0.3) is 44.3 Å². The SMILES string of the molecule is COc1ccc2cc(-c3ccccc3)n(C)c2c1.Cn1c(-c2ccccc2)cc2ccc(O)cc21. The molecule has 35 heavy (non-hydrogen) atoms. The fourth-order valence-electron chi connectivity index (χ4n) is 4.53. The van der Waals surface area contributed by atoms with Crippen molar-refractivity contribution in [2.75, 3.05) is 7.11 Å². The van der Waals surface area contributed by atoms with Gasteiger partial charge in [-0.25, -0.2) is 0 Å². The van der Waals surface area contributed by atoms with Gasteiger partial charge in [0.1, 0.15) is 11.5 Å². The third-order valence-corrected chi connectivity index (χ3v) is 6.42. The number of ether oxygens (including phenoxy) is 1. The van der Waals surface area contributed by atoms with Crippen molar-refractivity contribution < 1.29 is 9.84 Å². The maximum Gasteiger partial charge on any atom is 0.120 e. The Balaban J connectivity index is 0.000000145. The van der Waals surface area contributed by atoms with Crippen LogP contribution in [-0.4, -0.2) is 21.4 Å². The van der Waals surface area contributed by atoms with Gasteiger partial charge in [-0.15, -0.1) is 0 Å². The van der Waals surface area contributed by atoms with Gasteiger partial charge in [0, 0.05) is 48.4 Å². The second-order valence-electron chi connectivity index (χ2n) is 8.58. The minimum Gasteiger partial charge on any atom is -0.508 e. The Morgan fingerprint density at radius 1 is 0.571 bits per heavy atom. The molecule has 4 heteroatoms. The van der Waals surface area contributed by atoms with Gasteiger partial charge in [0.2, 0.25) is 0 Å². The van der Waals surface area contributed by atoms with Crippen LogP contribution in [0.5, 0.6) is 11.5 Å². The number of hydrogen-bond acceptors (Lipinski definition) is 2. The van der Waals surface area contributed by atoms with Crippen molar-refractivity contribution in [2.45, 2.75) is 0 Å². The monoisotopic (exact) mass is 460 g/mol. The molecule has 6 aromatic rings. The number of hydrogen-bond donors (Lipinski definition) is 1. The molecule has 4 nitrogen and oxygen atoms in total. The molecule has 0 amide bonds. The van der Waals surface area contributed by atoms with Crippen LogP contribution in [-0.2, 0) is 14.1 Å². The third-order valence-electron chi connectivity index (χ3n) is 6.42. The van der Waals surface area contributed by atoms with Crippen LogP contribution in [0.2, 0.25) is 0 Å². The van der Waals surface area contributed by atoms with E-state index in [1.807, 2.05) is 43.4 Å². The summed E-state index contributed by atoms with van der Waals surface area (Å²) in [5, 5.41) is 11.9. The van der Waals surface area contributed by atoms with E-state index in [4.69, 9.17) is 4.74 Å². The number of aryl methyl sites for hydroxylation is 2. The van der Waals surface area contributed by atoms with Crippen molar-refractivity contribution in [1.29, 1.82) is 0 Å².